The lowest BCUT2D eigenvalue weighted by Gasteiger charge is -2.11. The summed E-state index contributed by atoms with van der Waals surface area (Å²) in [4.78, 5) is 6.66. The van der Waals surface area contributed by atoms with E-state index in [4.69, 9.17) is 5.26 Å². The first-order valence-electron chi connectivity index (χ1n) is 5.93. The van der Waals surface area contributed by atoms with E-state index in [-0.39, 0.29) is 16.5 Å². The molecule has 0 bridgehead atoms. The molecule has 0 fully saturated rings. The zero-order valence-corrected chi connectivity index (χ0v) is 12.4. The third-order valence-electron chi connectivity index (χ3n) is 2.93. The Morgan fingerprint density at radius 3 is 2.82 bits per heavy atom. The van der Waals surface area contributed by atoms with Gasteiger partial charge in [-0.15, -0.1) is 11.3 Å². The molecule has 0 saturated carbocycles. The number of nitrogens with zero attached hydrogens (tertiary/aromatic N) is 2. The number of thiazole rings is 1. The maximum absolute atomic E-state index is 13.1. The van der Waals surface area contributed by atoms with Gasteiger partial charge >= 0.3 is 6.18 Å². The Labute approximate surface area is 131 Å². The second-order valence-corrected chi connectivity index (χ2v) is 6.24. The highest BCUT2D eigenvalue weighted by atomic mass is 32.2. The lowest BCUT2D eigenvalue weighted by atomic mass is 10.1. The fourth-order valence-electron chi connectivity index (χ4n) is 2.02. The van der Waals surface area contributed by atoms with Crippen molar-refractivity contribution in [2.75, 3.05) is 4.72 Å². The molecule has 2 N–H and O–H groups in total. The first-order valence-corrected chi connectivity index (χ1v) is 7.63. The van der Waals surface area contributed by atoms with E-state index in [1.807, 2.05) is 0 Å². The second kappa shape index (κ2) is 5.55. The summed E-state index contributed by atoms with van der Waals surface area (Å²) >= 11 is 2.66. The number of rotatable bonds is 3. The maximum Gasteiger partial charge on any atom is 0.417 e. The quantitative estimate of drug-likeness (QED) is 0.682. The number of nitrogens with one attached hydrogen (secondary N) is 2. The summed E-state index contributed by atoms with van der Waals surface area (Å²) in [5.74, 6) is 0. The van der Waals surface area contributed by atoms with Crippen LogP contribution in [-0.2, 0) is 6.18 Å². The molecule has 0 amide bonds. The third-order valence-corrected chi connectivity index (χ3v) is 4.66. The van der Waals surface area contributed by atoms with Crippen molar-refractivity contribution in [2.45, 2.75) is 10.4 Å². The van der Waals surface area contributed by atoms with Crippen molar-refractivity contribution >= 4 is 39.9 Å². The fourth-order valence-corrected chi connectivity index (χ4v) is 3.31. The molecular formula is C13H7F3N4S2. The van der Waals surface area contributed by atoms with Gasteiger partial charge in [0.1, 0.15) is 10.3 Å². The van der Waals surface area contributed by atoms with Gasteiger partial charge in [0.25, 0.3) is 0 Å². The van der Waals surface area contributed by atoms with Crippen LogP contribution in [0.15, 0.2) is 34.2 Å². The van der Waals surface area contributed by atoms with E-state index in [1.54, 1.807) is 17.8 Å². The maximum atomic E-state index is 13.1. The summed E-state index contributed by atoms with van der Waals surface area (Å²) in [6, 6.07) is 4.11. The monoisotopic (exact) mass is 340 g/mol. The van der Waals surface area contributed by atoms with E-state index >= 15 is 0 Å². The highest BCUT2D eigenvalue weighted by Crippen LogP contribution is 2.39. The van der Waals surface area contributed by atoms with E-state index in [1.165, 1.54) is 35.5 Å². The Balaban J connectivity index is 2.06. The van der Waals surface area contributed by atoms with Gasteiger partial charge in [0.2, 0.25) is 0 Å². The smallest absolute Gasteiger partial charge is 0.358 e. The molecule has 0 saturated heterocycles. The summed E-state index contributed by atoms with van der Waals surface area (Å²) in [5, 5.41) is 8.90. The van der Waals surface area contributed by atoms with Gasteiger partial charge in [-0.25, -0.2) is 0 Å². The predicted octanol–water partition coefficient (Wildman–Crippen LogP) is 4.63. The normalized spacial score (nSPS) is 11.5. The van der Waals surface area contributed by atoms with Crippen LogP contribution in [0.5, 0.6) is 0 Å². The minimum atomic E-state index is -4.52. The first kappa shape index (κ1) is 14.7. The number of nitriles is 1. The topological polar surface area (TPSA) is 64.5 Å². The summed E-state index contributed by atoms with van der Waals surface area (Å²) in [5.41, 5.74) is 1.53. The highest BCUT2D eigenvalue weighted by molar-refractivity contribution is 8.02. The minimum Gasteiger partial charge on any atom is -0.358 e. The van der Waals surface area contributed by atoms with Crippen LogP contribution in [-0.4, -0.2) is 9.97 Å². The number of alkyl halides is 3. The molecule has 0 aliphatic carbocycles. The number of aromatic nitrogens is 2. The first-order chi connectivity index (χ1) is 10.5. The van der Waals surface area contributed by atoms with Gasteiger partial charge in [-0.2, -0.15) is 18.4 Å². The Morgan fingerprint density at radius 1 is 1.36 bits per heavy atom. The summed E-state index contributed by atoms with van der Waals surface area (Å²) < 4.78 is 43.2. The molecule has 0 radical (unpaired) electrons. The number of aromatic amines is 1. The van der Waals surface area contributed by atoms with Crippen molar-refractivity contribution in [3.63, 3.8) is 0 Å². The SMILES string of the molecule is N#Cc1c[nH]c2c(NSc3cncs3)ccc(C(F)(F)F)c12. The summed E-state index contributed by atoms with van der Waals surface area (Å²) in [7, 11) is 0. The van der Waals surface area contributed by atoms with Crippen LogP contribution >= 0.6 is 23.3 Å². The molecule has 0 spiro atoms. The zero-order valence-electron chi connectivity index (χ0n) is 10.7. The van der Waals surface area contributed by atoms with Gasteiger partial charge in [-0.05, 0) is 24.1 Å². The van der Waals surface area contributed by atoms with Crippen molar-refractivity contribution in [1.29, 1.82) is 5.26 Å². The highest BCUT2D eigenvalue weighted by Gasteiger charge is 2.34. The summed E-state index contributed by atoms with van der Waals surface area (Å²) in [6.45, 7) is 0. The molecule has 3 rings (SSSR count). The molecule has 1 aromatic carbocycles. The Kier molecular flexibility index (Phi) is 3.72. The van der Waals surface area contributed by atoms with Gasteiger partial charge in [0.15, 0.2) is 0 Å². The molecule has 0 unspecified atom stereocenters. The predicted molar refractivity (Wildman–Crippen MR) is 79.6 cm³/mol. The van der Waals surface area contributed by atoms with E-state index < -0.39 is 11.7 Å². The van der Waals surface area contributed by atoms with E-state index in [0.717, 1.165) is 10.3 Å². The van der Waals surface area contributed by atoms with Crippen LogP contribution in [0, 0.1) is 11.3 Å². The van der Waals surface area contributed by atoms with Crippen molar-refractivity contribution in [3.8, 4) is 6.07 Å². The number of halogens is 3. The van der Waals surface area contributed by atoms with Gasteiger partial charge < -0.3 is 9.71 Å². The van der Waals surface area contributed by atoms with Crippen molar-refractivity contribution in [1.82, 2.24) is 9.97 Å². The Morgan fingerprint density at radius 2 is 2.18 bits per heavy atom. The van der Waals surface area contributed by atoms with Crippen molar-refractivity contribution in [2.24, 2.45) is 0 Å². The van der Waals surface area contributed by atoms with Gasteiger partial charge in [0, 0.05) is 11.6 Å². The number of anilines is 1. The second-order valence-electron chi connectivity index (χ2n) is 4.25. The van der Waals surface area contributed by atoms with E-state index in [0.29, 0.717) is 5.69 Å². The molecule has 0 aliphatic heterocycles. The largest absolute Gasteiger partial charge is 0.417 e. The zero-order chi connectivity index (χ0) is 15.7. The number of hydrogen-bond donors (Lipinski definition) is 2. The average Bonchev–Trinajstić information content (AvgIpc) is 3.12. The molecular weight excluding hydrogens is 333 g/mol. The molecule has 4 nitrogen and oxygen atoms in total. The number of H-pyrrole nitrogens is 1. The number of hydrogen-bond acceptors (Lipinski definition) is 5. The van der Waals surface area contributed by atoms with Gasteiger partial charge in [0.05, 0.1) is 34.0 Å². The molecule has 0 aliphatic rings. The van der Waals surface area contributed by atoms with Crippen LogP contribution in [0.3, 0.4) is 0 Å². The van der Waals surface area contributed by atoms with E-state index in [2.05, 4.69) is 14.7 Å². The molecule has 0 atom stereocenters. The Hall–Kier alpha value is -2.18. The fraction of sp³-hybridized carbons (Fsp3) is 0.0769. The van der Waals surface area contributed by atoms with E-state index in [9.17, 15) is 13.2 Å². The van der Waals surface area contributed by atoms with Gasteiger partial charge in [-0.1, -0.05) is 0 Å². The van der Waals surface area contributed by atoms with Crippen molar-refractivity contribution < 1.29 is 13.2 Å². The minimum absolute atomic E-state index is 0.0336. The lowest BCUT2D eigenvalue weighted by Crippen LogP contribution is -2.06. The molecule has 112 valence electrons. The molecule has 3 aromatic rings. The molecule has 22 heavy (non-hydrogen) atoms. The number of fused-ring (bicyclic) bond motifs is 1. The van der Waals surface area contributed by atoms with Crippen LogP contribution in [0.1, 0.15) is 11.1 Å². The average molecular weight is 340 g/mol. The van der Waals surface area contributed by atoms with Crippen LogP contribution in [0.2, 0.25) is 0 Å². The third kappa shape index (κ3) is 2.63. The molecule has 2 heterocycles. The summed E-state index contributed by atoms with van der Waals surface area (Å²) in [6.07, 6.45) is -1.59. The van der Waals surface area contributed by atoms with Crippen LogP contribution in [0.25, 0.3) is 10.9 Å². The van der Waals surface area contributed by atoms with Crippen LogP contribution < -0.4 is 4.72 Å². The standard InChI is InChI=1S/C13H7F3N4S2/c14-13(15,16)8-1-2-9(20-22-10-5-18-6-21-10)12-11(8)7(3-17)4-19-12/h1-2,4-6,19-20H. The Bertz CT molecular complexity index is 847. The van der Waals surface area contributed by atoms with Crippen molar-refractivity contribution in [3.05, 3.63) is 41.2 Å². The lowest BCUT2D eigenvalue weighted by molar-refractivity contribution is -0.136. The van der Waals surface area contributed by atoms with Gasteiger partial charge in [-0.3, -0.25) is 4.98 Å². The molecule has 2 aromatic heterocycles. The van der Waals surface area contributed by atoms with Crippen LogP contribution in [0.4, 0.5) is 18.9 Å². The number of benzene rings is 1. The molecule has 9 heteroatoms.